The third-order valence-electron chi connectivity index (χ3n) is 3.90. The quantitative estimate of drug-likeness (QED) is 0.690. The maximum Gasteiger partial charge on any atom is 0.0997 e. The smallest absolute Gasteiger partial charge is 0.0997 e. The molecule has 0 heterocycles. The predicted molar refractivity (Wildman–Crippen MR) is 67.0 cm³/mol. The molecule has 0 N–H and O–H groups in total. The Hall–Kier alpha value is -0.940. The van der Waals surface area contributed by atoms with Gasteiger partial charge in [0.25, 0.3) is 0 Å². The zero-order valence-corrected chi connectivity index (χ0v) is 10.4. The zero-order valence-electron chi connectivity index (χ0n) is 9.60. The number of hydrogen-bond acceptors (Lipinski definition) is 2. The van der Waals surface area contributed by atoms with E-state index in [4.69, 9.17) is 0 Å². The summed E-state index contributed by atoms with van der Waals surface area (Å²) in [6.07, 6.45) is 9.28. The minimum atomic E-state index is 1.04. The molecule has 82 valence electrons. The van der Waals surface area contributed by atoms with Gasteiger partial charge in [0.15, 0.2) is 0 Å². The lowest BCUT2D eigenvalue weighted by molar-refractivity contribution is 0.884. The summed E-state index contributed by atoms with van der Waals surface area (Å²) in [4.78, 5) is 1.51. The van der Waals surface area contributed by atoms with Crippen LogP contribution in [-0.2, 0) is 25.7 Å². The number of nitrogens with zero attached hydrogens (tertiary/aromatic N) is 1. The second-order valence-electron chi connectivity index (χ2n) is 4.64. The molecule has 0 radical (unpaired) electrons. The molecular weight excluding hydrogens is 214 g/mol. The van der Waals surface area contributed by atoms with Crippen molar-refractivity contribution in [2.45, 2.75) is 43.4 Å². The Labute approximate surface area is 101 Å². The van der Waals surface area contributed by atoms with Gasteiger partial charge in [0.05, 0.1) is 11.6 Å². The number of hydrogen-bond donors (Lipinski definition) is 0. The minimum absolute atomic E-state index is 1.04. The lowest BCUT2D eigenvalue weighted by Crippen LogP contribution is -2.00. The number of benzene rings is 1. The summed E-state index contributed by atoms with van der Waals surface area (Å²) in [6, 6.07) is 2.47. The maximum atomic E-state index is 9.37. The summed E-state index contributed by atoms with van der Waals surface area (Å²) in [5.41, 5.74) is 6.81. The molecule has 2 aliphatic rings. The maximum absolute atomic E-state index is 9.37. The Morgan fingerprint density at radius 1 is 0.938 bits per heavy atom. The lowest BCUT2D eigenvalue weighted by atomic mass is 9.95. The zero-order chi connectivity index (χ0) is 11.1. The van der Waals surface area contributed by atoms with Crippen LogP contribution in [0.3, 0.4) is 0 Å². The van der Waals surface area contributed by atoms with Gasteiger partial charge in [-0.05, 0) is 67.0 Å². The van der Waals surface area contributed by atoms with E-state index < -0.39 is 0 Å². The summed E-state index contributed by atoms with van der Waals surface area (Å²) in [6.45, 7) is 0. The lowest BCUT2D eigenvalue weighted by Gasteiger charge is -2.14. The van der Waals surface area contributed by atoms with E-state index in [9.17, 15) is 5.26 Å². The molecule has 0 saturated heterocycles. The average Bonchev–Trinajstić information content (AvgIpc) is 2.93. The van der Waals surface area contributed by atoms with E-state index in [1.54, 1.807) is 0 Å². The topological polar surface area (TPSA) is 23.8 Å². The average molecular weight is 229 g/mol. The highest BCUT2D eigenvalue weighted by molar-refractivity contribution is 7.98. The van der Waals surface area contributed by atoms with Crippen molar-refractivity contribution in [3.05, 3.63) is 27.8 Å². The van der Waals surface area contributed by atoms with Crippen molar-refractivity contribution < 1.29 is 0 Å². The molecule has 2 aliphatic carbocycles. The Morgan fingerprint density at radius 3 is 1.88 bits per heavy atom. The number of fused-ring (bicyclic) bond motifs is 2. The van der Waals surface area contributed by atoms with Crippen LogP contribution in [0.15, 0.2) is 4.90 Å². The fourth-order valence-electron chi connectivity index (χ4n) is 3.29. The first-order chi connectivity index (χ1) is 7.86. The van der Waals surface area contributed by atoms with Crippen LogP contribution in [0.2, 0.25) is 0 Å². The Morgan fingerprint density at radius 2 is 1.44 bits per heavy atom. The summed E-state index contributed by atoms with van der Waals surface area (Å²) in [5, 5.41) is 9.37. The number of nitriles is 1. The van der Waals surface area contributed by atoms with Gasteiger partial charge < -0.3 is 0 Å². The molecular formula is C14H15NS. The summed E-state index contributed by atoms with van der Waals surface area (Å²) in [7, 11) is 0. The van der Waals surface area contributed by atoms with Gasteiger partial charge in [0, 0.05) is 4.90 Å². The van der Waals surface area contributed by atoms with Crippen molar-refractivity contribution in [3.63, 3.8) is 0 Å². The van der Waals surface area contributed by atoms with Gasteiger partial charge >= 0.3 is 0 Å². The molecule has 2 heteroatoms. The summed E-state index contributed by atoms with van der Waals surface area (Å²) in [5.74, 6) is 0. The highest BCUT2D eigenvalue weighted by Crippen LogP contribution is 2.42. The van der Waals surface area contributed by atoms with Crippen LogP contribution in [0, 0.1) is 11.3 Å². The molecule has 0 spiro atoms. The highest BCUT2D eigenvalue weighted by Gasteiger charge is 2.27. The van der Waals surface area contributed by atoms with Gasteiger partial charge in [0.2, 0.25) is 0 Å². The molecule has 0 bridgehead atoms. The third-order valence-corrected chi connectivity index (χ3v) is 4.80. The van der Waals surface area contributed by atoms with Crippen molar-refractivity contribution >= 4 is 11.8 Å². The summed E-state index contributed by atoms with van der Waals surface area (Å²) >= 11 is 1.89. The largest absolute Gasteiger partial charge is 0.192 e. The fraction of sp³-hybridized carbons (Fsp3) is 0.500. The van der Waals surface area contributed by atoms with Crippen molar-refractivity contribution in [2.75, 3.05) is 6.26 Å². The molecule has 1 nitrogen and oxygen atoms in total. The van der Waals surface area contributed by atoms with E-state index >= 15 is 0 Å². The molecule has 16 heavy (non-hydrogen) atoms. The third kappa shape index (κ3) is 1.25. The Balaban J connectivity index is 2.35. The first-order valence-electron chi connectivity index (χ1n) is 6.00. The SMILES string of the molecule is CSc1c2c(c(C#N)c3c1CCC3)CCC2. The van der Waals surface area contributed by atoms with Gasteiger partial charge in [-0.1, -0.05) is 0 Å². The molecule has 0 atom stereocenters. The molecule has 1 aromatic carbocycles. The number of thioether (sulfide) groups is 1. The monoisotopic (exact) mass is 229 g/mol. The minimum Gasteiger partial charge on any atom is -0.192 e. The van der Waals surface area contributed by atoms with Gasteiger partial charge in [-0.3, -0.25) is 0 Å². The molecule has 0 saturated carbocycles. The van der Waals surface area contributed by atoms with E-state index in [1.165, 1.54) is 52.8 Å². The Kier molecular flexibility index (Phi) is 2.44. The molecule has 3 rings (SSSR count). The van der Waals surface area contributed by atoms with Crippen LogP contribution in [0.5, 0.6) is 0 Å². The molecule has 1 aromatic rings. The van der Waals surface area contributed by atoms with Crippen molar-refractivity contribution in [3.8, 4) is 6.07 Å². The van der Waals surface area contributed by atoms with Gasteiger partial charge in [-0.15, -0.1) is 11.8 Å². The molecule has 0 unspecified atom stereocenters. The first kappa shape index (κ1) is 10.2. The van der Waals surface area contributed by atoms with Gasteiger partial charge in [-0.25, -0.2) is 0 Å². The molecule has 0 fully saturated rings. The van der Waals surface area contributed by atoms with Crippen LogP contribution in [-0.4, -0.2) is 6.26 Å². The second kappa shape index (κ2) is 3.82. The van der Waals surface area contributed by atoms with Crippen LogP contribution in [0.25, 0.3) is 0 Å². The van der Waals surface area contributed by atoms with E-state index in [0.29, 0.717) is 0 Å². The van der Waals surface area contributed by atoms with Crippen molar-refractivity contribution in [2.24, 2.45) is 0 Å². The van der Waals surface area contributed by atoms with E-state index in [1.807, 2.05) is 11.8 Å². The first-order valence-corrected chi connectivity index (χ1v) is 7.22. The fourth-order valence-corrected chi connectivity index (χ4v) is 4.23. The summed E-state index contributed by atoms with van der Waals surface area (Å²) < 4.78 is 0. The highest BCUT2D eigenvalue weighted by atomic mass is 32.2. The molecule has 0 aliphatic heterocycles. The van der Waals surface area contributed by atoms with Gasteiger partial charge in [0.1, 0.15) is 0 Å². The van der Waals surface area contributed by atoms with Crippen LogP contribution in [0.1, 0.15) is 40.7 Å². The normalized spacial score (nSPS) is 17.0. The Bertz CT molecular complexity index is 461. The van der Waals surface area contributed by atoms with Gasteiger partial charge in [-0.2, -0.15) is 5.26 Å². The van der Waals surface area contributed by atoms with Crippen LogP contribution in [0.4, 0.5) is 0 Å². The molecule has 0 amide bonds. The number of rotatable bonds is 1. The van der Waals surface area contributed by atoms with E-state index in [2.05, 4.69) is 12.3 Å². The molecule has 0 aromatic heterocycles. The van der Waals surface area contributed by atoms with E-state index in [-0.39, 0.29) is 0 Å². The van der Waals surface area contributed by atoms with Crippen LogP contribution < -0.4 is 0 Å². The predicted octanol–water partition coefficient (Wildman–Crippen LogP) is 3.26. The standard InChI is InChI=1S/C14H15NS/c1-16-14-11-6-2-4-9(11)13(8-15)10-5-3-7-12(10)14/h2-7H2,1H3. The van der Waals surface area contributed by atoms with E-state index in [0.717, 1.165) is 18.4 Å². The second-order valence-corrected chi connectivity index (χ2v) is 5.46. The van der Waals surface area contributed by atoms with Crippen molar-refractivity contribution in [1.29, 1.82) is 5.26 Å². The van der Waals surface area contributed by atoms with Crippen molar-refractivity contribution in [1.82, 2.24) is 0 Å². The van der Waals surface area contributed by atoms with Crippen LogP contribution >= 0.6 is 11.8 Å².